The number of nitrogens with two attached hydrogens (primary N) is 1. The summed E-state index contributed by atoms with van der Waals surface area (Å²) < 4.78 is 4.84. The number of primary amides is 1. The van der Waals surface area contributed by atoms with Crippen LogP contribution in [0.3, 0.4) is 0 Å². The molecule has 0 aliphatic rings. The highest BCUT2D eigenvalue weighted by Gasteiger charge is 2.15. The highest BCUT2D eigenvalue weighted by Crippen LogP contribution is 2.14. The maximum atomic E-state index is 11.6. The molecule has 28 heavy (non-hydrogen) atoms. The predicted molar refractivity (Wildman–Crippen MR) is 118 cm³/mol. The third kappa shape index (κ3) is 16.8. The van der Waals surface area contributed by atoms with Crippen molar-refractivity contribution in [3.63, 3.8) is 0 Å². The molecule has 0 aromatic carbocycles. The van der Waals surface area contributed by atoms with Crippen molar-refractivity contribution in [2.45, 2.75) is 123 Å². The summed E-state index contributed by atoms with van der Waals surface area (Å²) >= 11 is 0. The summed E-state index contributed by atoms with van der Waals surface area (Å²) in [7, 11) is 0. The van der Waals surface area contributed by atoms with Gasteiger partial charge in [0.15, 0.2) is 0 Å². The first kappa shape index (κ1) is 26.7. The zero-order chi connectivity index (χ0) is 20.9. The van der Waals surface area contributed by atoms with Crippen molar-refractivity contribution >= 4 is 11.9 Å². The minimum atomic E-state index is -0.699. The molecule has 0 radical (unpaired) electrons. The minimum Gasteiger partial charge on any atom is -0.462 e. The molecule has 0 rings (SSSR count). The molecule has 2 N–H and O–H groups in total. The Kier molecular flexibility index (Phi) is 19.5. The maximum Gasteiger partial charge on any atom is 0.343 e. The van der Waals surface area contributed by atoms with Gasteiger partial charge in [-0.2, -0.15) is 0 Å². The summed E-state index contributed by atoms with van der Waals surface area (Å²) in [5, 5.41) is 0. The van der Waals surface area contributed by atoms with Crippen molar-refractivity contribution in [2.75, 3.05) is 6.61 Å². The van der Waals surface area contributed by atoms with E-state index in [2.05, 4.69) is 6.92 Å². The number of unbranched alkanes of at least 4 members (excludes halogenated alkanes) is 16. The van der Waals surface area contributed by atoms with Crippen LogP contribution in [0, 0.1) is 0 Å². The second-order valence-corrected chi connectivity index (χ2v) is 7.79. The first-order chi connectivity index (χ1) is 13.6. The molecule has 0 atom stereocenters. The lowest BCUT2D eigenvalue weighted by Crippen LogP contribution is -2.22. The van der Waals surface area contributed by atoms with Crippen molar-refractivity contribution in [2.24, 2.45) is 5.73 Å². The number of allylic oxidation sites excluding steroid dienone is 1. The van der Waals surface area contributed by atoms with E-state index in [-0.39, 0.29) is 12.2 Å². The molecule has 0 aromatic rings. The Labute approximate surface area is 173 Å². The SMILES string of the molecule is CCCCCCCCCCCCCCCCCCC=C(C(N)=O)C(=O)OCC. The van der Waals surface area contributed by atoms with Gasteiger partial charge in [0, 0.05) is 0 Å². The fraction of sp³-hybridized carbons (Fsp3) is 0.833. The lowest BCUT2D eigenvalue weighted by Gasteiger charge is -2.04. The van der Waals surface area contributed by atoms with Crippen LogP contribution in [0.15, 0.2) is 11.6 Å². The van der Waals surface area contributed by atoms with Gasteiger partial charge in [0.25, 0.3) is 5.91 Å². The number of carbonyl (C=O) groups is 2. The van der Waals surface area contributed by atoms with Crippen LogP contribution in [0.5, 0.6) is 0 Å². The normalized spacial score (nSPS) is 11.6. The molecular weight excluding hydrogens is 350 g/mol. The molecule has 0 aliphatic heterocycles. The second-order valence-electron chi connectivity index (χ2n) is 7.79. The summed E-state index contributed by atoms with van der Waals surface area (Å²) in [5.74, 6) is -1.30. The number of hydrogen-bond donors (Lipinski definition) is 1. The molecule has 0 heterocycles. The van der Waals surface area contributed by atoms with E-state index in [9.17, 15) is 9.59 Å². The van der Waals surface area contributed by atoms with Crippen LogP contribution in [-0.2, 0) is 14.3 Å². The van der Waals surface area contributed by atoms with Crippen LogP contribution >= 0.6 is 0 Å². The predicted octanol–water partition coefficient (Wildman–Crippen LogP) is 6.61. The van der Waals surface area contributed by atoms with Gasteiger partial charge in [0.05, 0.1) is 6.61 Å². The van der Waals surface area contributed by atoms with E-state index >= 15 is 0 Å². The van der Waals surface area contributed by atoms with Gasteiger partial charge in [-0.3, -0.25) is 4.79 Å². The average molecular weight is 396 g/mol. The number of esters is 1. The van der Waals surface area contributed by atoms with Crippen molar-refractivity contribution in [1.29, 1.82) is 0 Å². The fourth-order valence-electron chi connectivity index (χ4n) is 3.43. The number of rotatable bonds is 20. The van der Waals surface area contributed by atoms with Gasteiger partial charge in [0.2, 0.25) is 0 Å². The zero-order valence-corrected chi connectivity index (χ0v) is 18.6. The summed E-state index contributed by atoms with van der Waals surface area (Å²) in [5.41, 5.74) is 5.22. The fourth-order valence-corrected chi connectivity index (χ4v) is 3.43. The molecule has 0 fully saturated rings. The molecule has 0 aliphatic carbocycles. The van der Waals surface area contributed by atoms with Crippen LogP contribution < -0.4 is 5.73 Å². The van der Waals surface area contributed by atoms with Gasteiger partial charge in [-0.15, -0.1) is 0 Å². The molecule has 0 aromatic heterocycles. The van der Waals surface area contributed by atoms with Crippen LogP contribution in [0.1, 0.15) is 123 Å². The maximum absolute atomic E-state index is 11.6. The molecular formula is C24H45NO3. The van der Waals surface area contributed by atoms with E-state index in [1.165, 1.54) is 89.9 Å². The standard InChI is InChI=1S/C24H45NO3/c1-3-5-6-7-8-9-10-11-12-13-14-15-16-17-18-19-20-21-22(23(25)26)24(27)28-4-2/h21H,3-20H2,1-2H3,(H2,25,26). The van der Waals surface area contributed by atoms with Gasteiger partial charge >= 0.3 is 5.97 Å². The quantitative estimate of drug-likeness (QED) is 0.0828. The summed E-state index contributed by atoms with van der Waals surface area (Å²) in [6, 6.07) is 0. The third-order valence-electron chi connectivity index (χ3n) is 5.17. The number of carbonyl (C=O) groups excluding carboxylic acids is 2. The summed E-state index contributed by atoms with van der Waals surface area (Å²) in [6.07, 6.45) is 23.6. The van der Waals surface area contributed by atoms with E-state index in [0.29, 0.717) is 6.42 Å². The second kappa shape index (κ2) is 20.4. The summed E-state index contributed by atoms with van der Waals surface area (Å²) in [6.45, 7) is 4.24. The third-order valence-corrected chi connectivity index (χ3v) is 5.17. The number of ether oxygens (including phenoxy) is 1. The van der Waals surface area contributed by atoms with Crippen LogP contribution in [-0.4, -0.2) is 18.5 Å². The van der Waals surface area contributed by atoms with Gasteiger partial charge < -0.3 is 10.5 Å². The Morgan fingerprint density at radius 1 is 0.679 bits per heavy atom. The highest BCUT2D eigenvalue weighted by molar-refractivity contribution is 6.15. The van der Waals surface area contributed by atoms with E-state index in [0.717, 1.165) is 12.8 Å². The first-order valence-corrected chi connectivity index (χ1v) is 11.8. The number of amides is 1. The van der Waals surface area contributed by atoms with Crippen molar-refractivity contribution in [1.82, 2.24) is 0 Å². The molecule has 164 valence electrons. The molecule has 4 nitrogen and oxygen atoms in total. The molecule has 0 unspecified atom stereocenters. The van der Waals surface area contributed by atoms with Crippen molar-refractivity contribution in [3.05, 3.63) is 11.6 Å². The number of hydrogen-bond acceptors (Lipinski definition) is 3. The molecule has 1 amide bonds. The van der Waals surface area contributed by atoms with Crippen molar-refractivity contribution in [3.8, 4) is 0 Å². The Morgan fingerprint density at radius 3 is 1.43 bits per heavy atom. The lowest BCUT2D eigenvalue weighted by molar-refractivity contribution is -0.139. The average Bonchev–Trinajstić information content (AvgIpc) is 2.67. The van der Waals surface area contributed by atoms with Crippen molar-refractivity contribution < 1.29 is 14.3 Å². The summed E-state index contributed by atoms with van der Waals surface area (Å²) in [4.78, 5) is 22.9. The smallest absolute Gasteiger partial charge is 0.343 e. The van der Waals surface area contributed by atoms with Gasteiger partial charge in [-0.1, -0.05) is 109 Å². The van der Waals surface area contributed by atoms with Crippen LogP contribution in [0.25, 0.3) is 0 Å². The topological polar surface area (TPSA) is 69.4 Å². The Morgan fingerprint density at radius 2 is 1.07 bits per heavy atom. The molecule has 0 spiro atoms. The van der Waals surface area contributed by atoms with Gasteiger partial charge in [0.1, 0.15) is 5.57 Å². The molecule has 0 bridgehead atoms. The van der Waals surface area contributed by atoms with Gasteiger partial charge in [-0.05, 0) is 19.8 Å². The molecule has 0 saturated carbocycles. The molecule has 0 saturated heterocycles. The van der Waals surface area contributed by atoms with Gasteiger partial charge in [-0.25, -0.2) is 4.79 Å². The highest BCUT2D eigenvalue weighted by atomic mass is 16.5. The largest absolute Gasteiger partial charge is 0.462 e. The Balaban J connectivity index is 3.42. The van der Waals surface area contributed by atoms with E-state index in [1.807, 2.05) is 0 Å². The lowest BCUT2D eigenvalue weighted by atomic mass is 10.0. The van der Waals surface area contributed by atoms with Crippen LogP contribution in [0.4, 0.5) is 0 Å². The Bertz CT molecular complexity index is 418. The first-order valence-electron chi connectivity index (χ1n) is 11.8. The van der Waals surface area contributed by atoms with E-state index < -0.39 is 11.9 Å². The van der Waals surface area contributed by atoms with E-state index in [4.69, 9.17) is 10.5 Å². The van der Waals surface area contributed by atoms with Crippen LogP contribution in [0.2, 0.25) is 0 Å². The monoisotopic (exact) mass is 395 g/mol. The Hall–Kier alpha value is -1.32. The molecule has 4 heteroatoms. The van der Waals surface area contributed by atoms with E-state index in [1.54, 1.807) is 13.0 Å². The zero-order valence-electron chi connectivity index (χ0n) is 18.6. The minimum absolute atomic E-state index is 0.0113.